The molecule has 2 aromatic rings. The van der Waals surface area contributed by atoms with Gasteiger partial charge in [0.25, 0.3) is 0 Å². The average Bonchev–Trinajstić information content (AvgIpc) is 2.39. The van der Waals surface area contributed by atoms with Gasteiger partial charge in [-0.15, -0.1) is 0 Å². The molecule has 1 aromatic carbocycles. The quantitative estimate of drug-likeness (QED) is 0.922. The van der Waals surface area contributed by atoms with E-state index in [0.29, 0.717) is 17.1 Å². The Morgan fingerprint density at radius 2 is 2.17 bits per heavy atom. The van der Waals surface area contributed by atoms with Gasteiger partial charge in [0.2, 0.25) is 0 Å². The maximum Gasteiger partial charge on any atom is 0.119 e. The van der Waals surface area contributed by atoms with Crippen LogP contribution in [0.15, 0.2) is 42.6 Å². The van der Waals surface area contributed by atoms with Crippen LogP contribution >= 0.6 is 11.6 Å². The second-order valence-electron chi connectivity index (χ2n) is 3.97. The highest BCUT2D eigenvalue weighted by Gasteiger charge is 2.10. The summed E-state index contributed by atoms with van der Waals surface area (Å²) in [5.74, 6) is 0.781. The van der Waals surface area contributed by atoms with Gasteiger partial charge in [-0.2, -0.15) is 0 Å². The van der Waals surface area contributed by atoms with Crippen molar-refractivity contribution in [1.82, 2.24) is 4.98 Å². The minimum atomic E-state index is -0.644. The predicted molar refractivity (Wildman–Crippen MR) is 70.9 cm³/mol. The van der Waals surface area contributed by atoms with Crippen molar-refractivity contribution in [3.63, 3.8) is 0 Å². The van der Waals surface area contributed by atoms with Crippen LogP contribution in [0.3, 0.4) is 0 Å². The molecule has 1 atom stereocenters. The van der Waals surface area contributed by atoms with Crippen molar-refractivity contribution in [3.8, 4) is 5.75 Å². The first-order valence-corrected chi connectivity index (χ1v) is 5.99. The largest absolute Gasteiger partial charge is 0.497 e. The van der Waals surface area contributed by atoms with Crippen LogP contribution in [0.2, 0.25) is 5.02 Å². The molecule has 0 saturated heterocycles. The zero-order valence-corrected chi connectivity index (χ0v) is 10.8. The zero-order chi connectivity index (χ0) is 13.0. The highest BCUT2D eigenvalue weighted by molar-refractivity contribution is 6.30. The van der Waals surface area contributed by atoms with Gasteiger partial charge in [0.05, 0.1) is 23.9 Å². The molecule has 0 amide bonds. The van der Waals surface area contributed by atoms with Crippen molar-refractivity contribution in [2.75, 3.05) is 7.11 Å². The fraction of sp³-hybridized carbons (Fsp3) is 0.214. The Morgan fingerprint density at radius 3 is 2.83 bits per heavy atom. The highest BCUT2D eigenvalue weighted by Crippen LogP contribution is 2.20. The van der Waals surface area contributed by atoms with E-state index in [1.165, 1.54) is 6.20 Å². The molecule has 2 rings (SSSR count). The van der Waals surface area contributed by atoms with Gasteiger partial charge in [0, 0.05) is 12.6 Å². The van der Waals surface area contributed by atoms with Gasteiger partial charge in [0.15, 0.2) is 0 Å². The molecule has 0 aliphatic rings. The molecule has 3 nitrogen and oxygen atoms in total. The molecule has 94 valence electrons. The maximum absolute atomic E-state index is 10.1. The van der Waals surface area contributed by atoms with Crippen LogP contribution in [0.4, 0.5) is 0 Å². The smallest absolute Gasteiger partial charge is 0.119 e. The third kappa shape index (κ3) is 3.22. The Balaban J connectivity index is 2.10. The number of aromatic nitrogens is 1. The lowest BCUT2D eigenvalue weighted by Gasteiger charge is -2.11. The van der Waals surface area contributed by atoms with Crippen molar-refractivity contribution in [3.05, 3.63) is 58.9 Å². The first-order valence-electron chi connectivity index (χ1n) is 5.61. The lowest BCUT2D eigenvalue weighted by Crippen LogP contribution is -2.04. The number of nitrogens with zero attached hydrogens (tertiary/aromatic N) is 1. The molecule has 1 aromatic heterocycles. The Morgan fingerprint density at radius 1 is 1.33 bits per heavy atom. The minimum Gasteiger partial charge on any atom is -0.497 e. The molecule has 0 aliphatic carbocycles. The van der Waals surface area contributed by atoms with Gasteiger partial charge in [-0.1, -0.05) is 23.7 Å². The summed E-state index contributed by atoms with van der Waals surface area (Å²) in [6.45, 7) is 0. The first-order chi connectivity index (χ1) is 8.69. The summed E-state index contributed by atoms with van der Waals surface area (Å²) < 4.78 is 5.14. The number of hydrogen-bond donors (Lipinski definition) is 1. The van der Waals surface area contributed by atoms with E-state index in [2.05, 4.69) is 4.98 Å². The van der Waals surface area contributed by atoms with E-state index in [0.717, 1.165) is 11.3 Å². The van der Waals surface area contributed by atoms with Crippen molar-refractivity contribution in [2.45, 2.75) is 12.5 Å². The number of aliphatic hydroxyl groups excluding tert-OH is 1. The predicted octanol–water partition coefficient (Wildman–Crippen LogP) is 3.02. The Labute approximate surface area is 111 Å². The Kier molecular flexibility index (Phi) is 4.18. The van der Waals surface area contributed by atoms with Crippen molar-refractivity contribution in [2.24, 2.45) is 0 Å². The van der Waals surface area contributed by atoms with E-state index >= 15 is 0 Å². The van der Waals surface area contributed by atoms with Crippen molar-refractivity contribution in [1.29, 1.82) is 0 Å². The average molecular weight is 264 g/mol. The van der Waals surface area contributed by atoms with Crippen LogP contribution in [0.5, 0.6) is 5.75 Å². The number of rotatable bonds is 4. The highest BCUT2D eigenvalue weighted by atomic mass is 35.5. The number of benzene rings is 1. The van der Waals surface area contributed by atoms with Crippen LogP contribution in [-0.2, 0) is 6.42 Å². The van der Waals surface area contributed by atoms with Crippen molar-refractivity contribution >= 4 is 11.6 Å². The topological polar surface area (TPSA) is 42.4 Å². The molecular weight excluding hydrogens is 250 g/mol. The summed E-state index contributed by atoms with van der Waals surface area (Å²) in [4.78, 5) is 4.10. The fourth-order valence-corrected chi connectivity index (χ4v) is 1.82. The second kappa shape index (κ2) is 5.85. The summed E-state index contributed by atoms with van der Waals surface area (Å²) >= 11 is 5.76. The molecule has 18 heavy (non-hydrogen) atoms. The van der Waals surface area contributed by atoms with Gasteiger partial charge < -0.3 is 9.84 Å². The summed E-state index contributed by atoms with van der Waals surface area (Å²) in [6, 6.07) is 11.1. The second-order valence-corrected chi connectivity index (χ2v) is 4.41. The van der Waals surface area contributed by atoms with E-state index in [-0.39, 0.29) is 0 Å². The SMILES string of the molecule is COc1cccc(CC(O)c2ccc(Cl)cn2)c1. The number of hydrogen-bond acceptors (Lipinski definition) is 3. The van der Waals surface area contributed by atoms with Crippen LogP contribution in [0.1, 0.15) is 17.4 Å². The van der Waals surface area contributed by atoms with E-state index in [4.69, 9.17) is 16.3 Å². The van der Waals surface area contributed by atoms with E-state index in [1.54, 1.807) is 19.2 Å². The normalized spacial score (nSPS) is 12.2. The molecular formula is C14H14ClNO2. The lowest BCUT2D eigenvalue weighted by atomic mass is 10.1. The third-order valence-electron chi connectivity index (χ3n) is 2.65. The molecule has 0 saturated carbocycles. The number of ether oxygens (including phenoxy) is 1. The zero-order valence-electron chi connectivity index (χ0n) is 10.0. The van der Waals surface area contributed by atoms with Gasteiger partial charge in [-0.05, 0) is 29.8 Å². The van der Waals surface area contributed by atoms with Gasteiger partial charge in [0.1, 0.15) is 5.75 Å². The molecule has 0 spiro atoms. The molecule has 0 aliphatic heterocycles. The molecule has 4 heteroatoms. The number of halogens is 1. The minimum absolute atomic E-state index is 0.492. The summed E-state index contributed by atoms with van der Waals surface area (Å²) in [5, 5.41) is 10.6. The van der Waals surface area contributed by atoms with Crippen LogP contribution < -0.4 is 4.74 Å². The first kappa shape index (κ1) is 12.9. The molecule has 1 heterocycles. The maximum atomic E-state index is 10.1. The molecule has 1 unspecified atom stereocenters. The van der Waals surface area contributed by atoms with Gasteiger partial charge in [-0.3, -0.25) is 4.98 Å². The Hall–Kier alpha value is -1.58. The molecule has 0 bridgehead atoms. The Bertz CT molecular complexity index is 513. The number of pyridine rings is 1. The van der Waals surface area contributed by atoms with Crippen LogP contribution in [-0.4, -0.2) is 17.2 Å². The fourth-order valence-electron chi connectivity index (χ4n) is 1.71. The summed E-state index contributed by atoms with van der Waals surface area (Å²) in [6.07, 6.45) is 1.38. The van der Waals surface area contributed by atoms with Crippen molar-refractivity contribution < 1.29 is 9.84 Å². The van der Waals surface area contributed by atoms with E-state index < -0.39 is 6.10 Å². The summed E-state index contributed by atoms with van der Waals surface area (Å²) in [5.41, 5.74) is 1.61. The molecule has 1 N–H and O–H groups in total. The van der Waals surface area contributed by atoms with Crippen LogP contribution in [0, 0.1) is 0 Å². The monoisotopic (exact) mass is 263 g/mol. The summed E-state index contributed by atoms with van der Waals surface area (Å²) in [7, 11) is 1.62. The molecule has 0 fully saturated rings. The number of methoxy groups -OCH3 is 1. The lowest BCUT2D eigenvalue weighted by molar-refractivity contribution is 0.173. The standard InChI is InChI=1S/C14H14ClNO2/c1-18-12-4-2-3-10(7-12)8-14(17)13-6-5-11(15)9-16-13/h2-7,9,14,17H,8H2,1H3. The molecule has 0 radical (unpaired) electrons. The van der Waals surface area contributed by atoms with Gasteiger partial charge in [-0.25, -0.2) is 0 Å². The number of aliphatic hydroxyl groups is 1. The third-order valence-corrected chi connectivity index (χ3v) is 2.88. The van der Waals surface area contributed by atoms with Crippen LogP contribution in [0.25, 0.3) is 0 Å². The van der Waals surface area contributed by atoms with E-state index in [9.17, 15) is 5.11 Å². The van der Waals surface area contributed by atoms with E-state index in [1.807, 2.05) is 24.3 Å². The van der Waals surface area contributed by atoms with Gasteiger partial charge >= 0.3 is 0 Å².